The van der Waals surface area contributed by atoms with Crippen LogP contribution in [-0.4, -0.2) is 187 Å². The lowest BCUT2D eigenvalue weighted by Crippen LogP contribution is -2.55. The number of amides is 2. The second kappa shape index (κ2) is 32.6. The summed E-state index contributed by atoms with van der Waals surface area (Å²) in [4.78, 5) is 76.3. The highest BCUT2D eigenvalue weighted by molar-refractivity contribution is 6.36. The van der Waals surface area contributed by atoms with E-state index in [-0.39, 0.29) is 76.9 Å². The van der Waals surface area contributed by atoms with Crippen molar-refractivity contribution in [3.05, 3.63) is 155 Å². The first-order valence-electron chi connectivity index (χ1n) is 38.1. The van der Waals surface area contributed by atoms with Crippen LogP contribution in [0.15, 0.2) is 85.6 Å². The van der Waals surface area contributed by atoms with Gasteiger partial charge in [0, 0.05) is 127 Å². The number of H-pyrrole nitrogens is 1. The Labute approximate surface area is 671 Å². The van der Waals surface area contributed by atoms with Crippen molar-refractivity contribution in [2.45, 2.75) is 95.8 Å². The van der Waals surface area contributed by atoms with Crippen molar-refractivity contribution in [1.29, 1.82) is 15.8 Å². The topological polar surface area (TPSA) is 336 Å². The maximum absolute atomic E-state index is 12.2. The lowest BCUT2D eigenvalue weighted by Gasteiger charge is -2.49. The lowest BCUT2D eigenvalue weighted by molar-refractivity contribution is -0.119. The van der Waals surface area contributed by atoms with Gasteiger partial charge in [0.25, 0.3) is 0 Å². The molecular weight excluding hydrogens is 1530 g/mol. The third kappa shape index (κ3) is 16.1. The maximum Gasteiger partial charge on any atom is 0.217 e. The quantitative estimate of drug-likeness (QED) is 0.0453. The highest BCUT2D eigenvalue weighted by Crippen LogP contribution is 2.46. The van der Waals surface area contributed by atoms with Gasteiger partial charge in [0.05, 0.1) is 43.3 Å². The summed E-state index contributed by atoms with van der Waals surface area (Å²) in [7, 11) is 0. The summed E-state index contributed by atoms with van der Waals surface area (Å²) in [6.45, 7) is 13.7. The van der Waals surface area contributed by atoms with Gasteiger partial charge in [-0.05, 0) is 178 Å². The van der Waals surface area contributed by atoms with E-state index in [2.05, 4.69) is 62.7 Å². The molecule has 7 aromatic heterocycles. The van der Waals surface area contributed by atoms with Crippen molar-refractivity contribution < 1.29 is 9.59 Å². The van der Waals surface area contributed by atoms with Crippen LogP contribution in [0, 0.1) is 81.3 Å². The van der Waals surface area contributed by atoms with Gasteiger partial charge >= 0.3 is 0 Å². The van der Waals surface area contributed by atoms with Crippen molar-refractivity contribution in [1.82, 2.24) is 83.9 Å². The minimum absolute atomic E-state index is 0.0861. The van der Waals surface area contributed by atoms with E-state index in [4.69, 9.17) is 121 Å². The molecule has 8 atom stereocenters. The molecule has 27 nitrogen and oxygen atoms in total. The number of aromatic nitrogens is 14. The van der Waals surface area contributed by atoms with Crippen molar-refractivity contribution in [3.63, 3.8) is 0 Å². The van der Waals surface area contributed by atoms with Gasteiger partial charge in [-0.3, -0.25) is 14.5 Å². The lowest BCUT2D eigenvalue weighted by atomic mass is 9.75. The molecule has 111 heavy (non-hydrogen) atoms. The van der Waals surface area contributed by atoms with Crippen LogP contribution >= 0.6 is 69.6 Å². The predicted molar refractivity (Wildman–Crippen MR) is 425 cm³/mol. The number of piperidine rings is 3. The van der Waals surface area contributed by atoms with Gasteiger partial charge in [0.15, 0.2) is 34.0 Å². The Morgan fingerprint density at radius 3 is 1.37 bits per heavy atom. The van der Waals surface area contributed by atoms with E-state index in [1.807, 2.05) is 52.8 Å². The number of carbonyl (C=O) groups excluding carboxylic acids is 2. The number of primary amides is 2. The zero-order valence-electron chi connectivity index (χ0n) is 61.2. The molecule has 33 heteroatoms. The minimum Gasteiger partial charge on any atom is -0.370 e. The SMILES string of the molecule is C[C@H](c1ccc(Cl)cc1Cl)n1nc(C#N)c2ncc(N3CC([C@H]4CC(C[C@H](c5ccc(Cl)cc5Cl)n5nc(C#N)c6ncc(N7CC([C@@H]8CC(C[C@H](c9ccc(Cl)cc9Cl)n9nc(C#N)c%10ncc(N%11CC([C@H]%12CCCN(CCCC(N)=O)C%12)C%11)nc%109)CN(CCCC(N)=O)C8)C7)nc65)CN(Cc5ncc[nH]5)C4)C3)nc21. The Bertz CT molecular complexity index is 5270. The normalized spacial score (nSPS) is 21.2. The van der Waals surface area contributed by atoms with Crippen LogP contribution in [0.1, 0.15) is 129 Å². The monoisotopic (exact) mass is 1610 g/mol. The van der Waals surface area contributed by atoms with Crippen LogP contribution in [0.25, 0.3) is 33.5 Å². The summed E-state index contributed by atoms with van der Waals surface area (Å²) in [6.07, 6.45) is 16.1. The summed E-state index contributed by atoms with van der Waals surface area (Å²) in [5.41, 5.74) is 16.7. The number of imidazole rings is 1. The molecule has 6 fully saturated rings. The fourth-order valence-electron chi connectivity index (χ4n) is 18.2. The highest BCUT2D eigenvalue weighted by Gasteiger charge is 2.44. The highest BCUT2D eigenvalue weighted by atomic mass is 35.5. The number of halogens is 6. The van der Waals surface area contributed by atoms with Gasteiger partial charge in [-0.2, -0.15) is 31.1 Å². The number of hydrogen-bond acceptors (Lipinski definition) is 21. The second-order valence-electron chi connectivity index (χ2n) is 31.1. The van der Waals surface area contributed by atoms with Gasteiger partial charge in [-0.25, -0.2) is 48.9 Å². The van der Waals surface area contributed by atoms with Crippen LogP contribution in [0.5, 0.6) is 0 Å². The molecule has 10 aromatic rings. The number of nitrogens with one attached hydrogen (secondary N) is 1. The predicted octanol–water partition coefficient (Wildman–Crippen LogP) is 12.0. The number of fused-ring (bicyclic) bond motifs is 3. The van der Waals surface area contributed by atoms with E-state index in [0.717, 1.165) is 132 Å². The number of anilines is 3. The van der Waals surface area contributed by atoms with Crippen LogP contribution in [-0.2, 0) is 16.1 Å². The van der Waals surface area contributed by atoms with E-state index in [1.54, 1.807) is 53.7 Å². The largest absolute Gasteiger partial charge is 0.370 e. The maximum atomic E-state index is 12.2. The first-order valence-corrected chi connectivity index (χ1v) is 40.3. The first-order chi connectivity index (χ1) is 53.8. The zero-order valence-corrected chi connectivity index (χ0v) is 65.7. The smallest absolute Gasteiger partial charge is 0.217 e. The minimum atomic E-state index is -0.498. The molecule has 3 aromatic carbocycles. The molecule has 5 N–H and O–H groups in total. The van der Waals surface area contributed by atoms with E-state index in [0.29, 0.717) is 139 Å². The third-order valence-electron chi connectivity index (χ3n) is 23.9. The summed E-state index contributed by atoms with van der Waals surface area (Å²) in [6, 6.07) is 21.9. The number of carbonyl (C=O) groups is 2. The summed E-state index contributed by atoms with van der Waals surface area (Å²) in [5.74, 6) is 4.52. The van der Waals surface area contributed by atoms with Crippen LogP contribution < -0.4 is 26.2 Å². The molecule has 16 rings (SSSR count). The van der Waals surface area contributed by atoms with Gasteiger partial charge in [-0.1, -0.05) is 87.8 Å². The molecule has 2 unspecified atom stereocenters. The Kier molecular flexibility index (Phi) is 22.3. The molecule has 574 valence electrons. The number of benzene rings is 3. The van der Waals surface area contributed by atoms with Crippen molar-refractivity contribution in [2.75, 3.05) is 106 Å². The Morgan fingerprint density at radius 2 is 0.928 bits per heavy atom. The summed E-state index contributed by atoms with van der Waals surface area (Å²) >= 11 is 40.8. The Morgan fingerprint density at radius 1 is 0.514 bits per heavy atom. The average Bonchev–Trinajstić information content (AvgIpc) is 1.62. The zero-order chi connectivity index (χ0) is 76.9. The van der Waals surface area contributed by atoms with Gasteiger partial charge in [0.1, 0.15) is 58.0 Å². The van der Waals surface area contributed by atoms with E-state index >= 15 is 0 Å². The van der Waals surface area contributed by atoms with Crippen LogP contribution in [0.3, 0.4) is 0 Å². The molecule has 0 spiro atoms. The fourth-order valence-corrected chi connectivity index (χ4v) is 19.8. The molecule has 6 saturated heterocycles. The number of aromatic amines is 1. The molecule has 0 saturated carbocycles. The number of likely N-dealkylation sites (tertiary alicyclic amines) is 3. The van der Waals surface area contributed by atoms with E-state index in [9.17, 15) is 25.4 Å². The van der Waals surface area contributed by atoms with Crippen molar-refractivity contribution in [2.24, 2.45) is 58.8 Å². The number of rotatable bonds is 26. The standard InChI is InChI=1S/C78H83Cl6N25O2/c1-44(56-11-8-53(79)23-59(56)82)107-76-73(62(26-85)98-107)92-29-70(95-76)105-41-52(42-105)49-20-46(33-103(36-49)43-69-90-14-15-91-69)22-66(58-13-10-55(81)25-61(58)84)109-78-75(64(28-87)100-109)94-31-72(97-78)106-39-51(40-106)48-19-45(32-102(35-48)18-4-7-68(89)111)21-65(57-12-9-54(80)24-60(57)83)108-77-74(63(27-86)99-108)93-30-71(96-77)104-37-50(38-104)47-5-2-16-101(34-47)17-3-6-67(88)110/h8-15,23-25,29-31,44-52,65-66H,2-7,16-22,32-43H2,1H3,(H2,88,110)(H2,89,111)(H,90,91)/t44-,45?,46?,47+,48-,49+,65-,66-/m1/s1. The van der Waals surface area contributed by atoms with Gasteiger partial charge in [-0.15, -0.1) is 0 Å². The van der Waals surface area contributed by atoms with Crippen LogP contribution in [0.4, 0.5) is 17.5 Å². The molecule has 6 aliphatic rings. The van der Waals surface area contributed by atoms with E-state index < -0.39 is 12.1 Å². The molecule has 0 aliphatic carbocycles. The number of hydrogen-bond donors (Lipinski definition) is 3. The van der Waals surface area contributed by atoms with Crippen molar-refractivity contribution >= 4 is 132 Å². The van der Waals surface area contributed by atoms with Gasteiger partial charge < -0.3 is 41.0 Å². The Balaban J connectivity index is 0.647. The first kappa shape index (κ1) is 76.0. The molecule has 0 bridgehead atoms. The number of nitriles is 3. The summed E-state index contributed by atoms with van der Waals surface area (Å²) < 4.78 is 5.43. The number of nitrogens with zero attached hydrogens (tertiary/aromatic N) is 22. The van der Waals surface area contributed by atoms with E-state index in [1.165, 1.54) is 0 Å². The molecular formula is C78H83Cl6N25O2. The van der Waals surface area contributed by atoms with Gasteiger partial charge in [0.2, 0.25) is 11.8 Å². The molecule has 2 amide bonds. The van der Waals surface area contributed by atoms with Crippen molar-refractivity contribution in [3.8, 4) is 18.2 Å². The number of nitrogens with two attached hydrogens (primary N) is 2. The molecule has 13 heterocycles. The fraction of sp³-hybridized carbons (Fsp3) is 0.474. The third-order valence-corrected chi connectivity index (χ3v) is 25.6. The molecule has 6 aliphatic heterocycles. The average molecular weight is 1620 g/mol. The Hall–Kier alpha value is -9.05. The summed E-state index contributed by atoms with van der Waals surface area (Å²) in [5, 5.41) is 49.3. The van der Waals surface area contributed by atoms with Crippen LogP contribution in [0.2, 0.25) is 30.1 Å². The molecule has 0 radical (unpaired) electrons. The second-order valence-corrected chi connectivity index (χ2v) is 33.7.